The maximum atomic E-state index is 13.1. The van der Waals surface area contributed by atoms with Crippen molar-refractivity contribution < 1.29 is 26.3 Å². The number of nitrogens with zero attached hydrogens (tertiary/aromatic N) is 2. The fourth-order valence-electron chi connectivity index (χ4n) is 1.70. The minimum Gasteiger partial charge on any atom is -0.336 e. The third kappa shape index (κ3) is 5.63. The molecule has 0 bridgehead atoms. The van der Waals surface area contributed by atoms with Crippen molar-refractivity contribution in [2.24, 2.45) is 9.98 Å². The minimum absolute atomic E-state index is 0.0557. The van der Waals surface area contributed by atoms with Crippen LogP contribution in [0.3, 0.4) is 0 Å². The van der Waals surface area contributed by atoms with Gasteiger partial charge in [0, 0.05) is 5.69 Å². The quantitative estimate of drug-likeness (QED) is 0.438. The highest BCUT2D eigenvalue weighted by atomic mass is 19.4. The van der Waals surface area contributed by atoms with Crippen LogP contribution in [0.15, 0.2) is 70.6 Å². The summed E-state index contributed by atoms with van der Waals surface area (Å²) < 4.78 is 78.4. The van der Waals surface area contributed by atoms with Crippen LogP contribution in [-0.4, -0.2) is 24.0 Å². The standard InChI is InChI=1S/C16H11F6N3/c17-15(18,19)13(23-11-7-3-1-4-8-11)25-14(16(20,21)22)24-12-9-5-2-6-10-12/h1-10H,(H,23,24,25). The molecule has 0 saturated heterocycles. The Morgan fingerprint density at radius 2 is 1.24 bits per heavy atom. The molecule has 0 aliphatic carbocycles. The van der Waals surface area contributed by atoms with Gasteiger partial charge in [-0.25, -0.2) is 9.98 Å². The van der Waals surface area contributed by atoms with Gasteiger partial charge < -0.3 is 5.32 Å². The zero-order valence-electron chi connectivity index (χ0n) is 12.4. The Morgan fingerprint density at radius 3 is 1.72 bits per heavy atom. The Bertz CT molecular complexity index is 749. The van der Waals surface area contributed by atoms with Crippen molar-refractivity contribution in [1.82, 2.24) is 0 Å². The molecule has 2 rings (SSSR count). The number of rotatable bonds is 2. The lowest BCUT2D eigenvalue weighted by atomic mass is 10.3. The lowest BCUT2D eigenvalue weighted by molar-refractivity contribution is -0.0626. The third-order valence-corrected chi connectivity index (χ3v) is 2.77. The van der Waals surface area contributed by atoms with Crippen molar-refractivity contribution in [1.29, 1.82) is 0 Å². The summed E-state index contributed by atoms with van der Waals surface area (Å²) in [6, 6.07) is 13.7. The summed E-state index contributed by atoms with van der Waals surface area (Å²) in [6.07, 6.45) is -10.3. The molecule has 0 aliphatic heterocycles. The second-order valence-electron chi connectivity index (χ2n) is 4.72. The van der Waals surface area contributed by atoms with Gasteiger partial charge in [-0.3, -0.25) is 0 Å². The van der Waals surface area contributed by atoms with Gasteiger partial charge in [0.2, 0.25) is 11.7 Å². The van der Waals surface area contributed by atoms with E-state index < -0.39 is 24.0 Å². The van der Waals surface area contributed by atoms with E-state index in [1.165, 1.54) is 54.6 Å². The van der Waals surface area contributed by atoms with Crippen LogP contribution in [-0.2, 0) is 0 Å². The van der Waals surface area contributed by atoms with Crippen LogP contribution >= 0.6 is 0 Å². The van der Waals surface area contributed by atoms with Crippen LogP contribution in [0.2, 0.25) is 0 Å². The maximum absolute atomic E-state index is 13.1. The van der Waals surface area contributed by atoms with Crippen LogP contribution in [0.25, 0.3) is 0 Å². The molecule has 1 N–H and O–H groups in total. The number of hydrogen-bond donors (Lipinski definition) is 1. The molecule has 132 valence electrons. The molecule has 0 radical (unpaired) electrons. The number of anilines is 1. The molecule has 0 atom stereocenters. The second-order valence-corrected chi connectivity index (χ2v) is 4.72. The molecule has 0 aliphatic rings. The summed E-state index contributed by atoms with van der Waals surface area (Å²) in [7, 11) is 0. The van der Waals surface area contributed by atoms with E-state index in [1.54, 1.807) is 6.07 Å². The Morgan fingerprint density at radius 1 is 0.720 bits per heavy atom. The Kier molecular flexibility index (Phi) is 5.45. The first-order valence-corrected chi connectivity index (χ1v) is 6.85. The monoisotopic (exact) mass is 359 g/mol. The van der Waals surface area contributed by atoms with E-state index in [-0.39, 0.29) is 11.4 Å². The maximum Gasteiger partial charge on any atom is 0.451 e. The average molecular weight is 359 g/mol. The molecule has 3 nitrogen and oxygen atoms in total. The van der Waals surface area contributed by atoms with E-state index in [4.69, 9.17) is 0 Å². The molecular formula is C16H11F6N3. The molecular weight excluding hydrogens is 348 g/mol. The molecule has 0 saturated carbocycles. The predicted molar refractivity (Wildman–Crippen MR) is 83.1 cm³/mol. The fraction of sp³-hybridized carbons (Fsp3) is 0.125. The summed E-state index contributed by atoms with van der Waals surface area (Å²) in [4.78, 5) is 5.90. The van der Waals surface area contributed by atoms with Crippen molar-refractivity contribution in [3.8, 4) is 0 Å². The third-order valence-electron chi connectivity index (χ3n) is 2.77. The Balaban J connectivity index is 2.47. The van der Waals surface area contributed by atoms with Crippen molar-refractivity contribution in [3.63, 3.8) is 0 Å². The first-order valence-electron chi connectivity index (χ1n) is 6.85. The second kappa shape index (κ2) is 7.37. The fourth-order valence-corrected chi connectivity index (χ4v) is 1.70. The molecule has 0 unspecified atom stereocenters. The number of nitrogens with one attached hydrogen (secondary N) is 1. The first kappa shape index (κ1) is 18.5. The highest BCUT2D eigenvalue weighted by Gasteiger charge is 2.42. The van der Waals surface area contributed by atoms with E-state index in [0.29, 0.717) is 0 Å². The number of halogens is 6. The molecule has 2 aromatic rings. The van der Waals surface area contributed by atoms with Crippen LogP contribution < -0.4 is 5.32 Å². The molecule has 0 aromatic heterocycles. The van der Waals surface area contributed by atoms with Gasteiger partial charge in [-0.15, -0.1) is 0 Å². The Hall–Kier alpha value is -2.84. The van der Waals surface area contributed by atoms with Crippen molar-refractivity contribution in [3.05, 3.63) is 60.7 Å². The highest BCUT2D eigenvalue weighted by molar-refractivity contribution is 6.08. The van der Waals surface area contributed by atoms with E-state index in [1.807, 2.05) is 5.32 Å². The van der Waals surface area contributed by atoms with Gasteiger partial charge in [0.05, 0.1) is 5.69 Å². The number of benzene rings is 2. The van der Waals surface area contributed by atoms with E-state index in [0.717, 1.165) is 0 Å². The van der Waals surface area contributed by atoms with Crippen molar-refractivity contribution in [2.45, 2.75) is 12.4 Å². The van der Waals surface area contributed by atoms with Gasteiger partial charge >= 0.3 is 12.4 Å². The van der Waals surface area contributed by atoms with E-state index >= 15 is 0 Å². The number of amidine groups is 2. The molecule has 0 amide bonds. The van der Waals surface area contributed by atoms with Gasteiger partial charge in [-0.1, -0.05) is 36.4 Å². The number of alkyl halides is 6. The summed E-state index contributed by atoms with van der Waals surface area (Å²) in [5.74, 6) is -3.72. The van der Waals surface area contributed by atoms with E-state index in [2.05, 4.69) is 9.98 Å². The SMILES string of the molecule is FC(F)(F)C(=Nc1ccccc1)N=C(Nc1ccccc1)C(F)(F)F. The van der Waals surface area contributed by atoms with Gasteiger partial charge in [0.25, 0.3) is 0 Å². The number of hydrogen-bond acceptors (Lipinski definition) is 1. The molecule has 25 heavy (non-hydrogen) atoms. The summed E-state index contributed by atoms with van der Waals surface area (Å²) in [6.45, 7) is 0. The normalized spacial score (nSPS) is 13.7. The van der Waals surface area contributed by atoms with Gasteiger partial charge in [0.1, 0.15) is 0 Å². The smallest absolute Gasteiger partial charge is 0.336 e. The molecule has 9 heteroatoms. The first-order chi connectivity index (χ1) is 11.7. The summed E-state index contributed by atoms with van der Waals surface area (Å²) >= 11 is 0. The molecule has 2 aromatic carbocycles. The lowest BCUT2D eigenvalue weighted by Crippen LogP contribution is -2.34. The summed E-state index contributed by atoms with van der Waals surface area (Å²) in [5.41, 5.74) is -0.223. The highest BCUT2D eigenvalue weighted by Crippen LogP contribution is 2.25. The van der Waals surface area contributed by atoms with Gasteiger partial charge in [-0.2, -0.15) is 26.3 Å². The summed E-state index contributed by atoms with van der Waals surface area (Å²) in [5, 5.41) is 1.85. The largest absolute Gasteiger partial charge is 0.451 e. The zero-order valence-corrected chi connectivity index (χ0v) is 12.4. The number of aliphatic imine (C=N–C) groups is 2. The van der Waals surface area contributed by atoms with Gasteiger partial charge in [-0.05, 0) is 24.3 Å². The van der Waals surface area contributed by atoms with E-state index in [9.17, 15) is 26.3 Å². The van der Waals surface area contributed by atoms with Gasteiger partial charge in [0.15, 0.2) is 0 Å². The predicted octanol–water partition coefficient (Wildman–Crippen LogP) is 5.35. The van der Waals surface area contributed by atoms with Crippen LogP contribution in [0.4, 0.5) is 37.7 Å². The van der Waals surface area contributed by atoms with Crippen LogP contribution in [0.5, 0.6) is 0 Å². The van der Waals surface area contributed by atoms with Crippen molar-refractivity contribution >= 4 is 23.0 Å². The lowest BCUT2D eigenvalue weighted by Gasteiger charge is -2.14. The van der Waals surface area contributed by atoms with Crippen molar-refractivity contribution in [2.75, 3.05) is 5.32 Å². The molecule has 0 heterocycles. The molecule has 0 fully saturated rings. The Labute approximate surface area is 138 Å². The average Bonchev–Trinajstić information content (AvgIpc) is 2.53. The van der Waals surface area contributed by atoms with Crippen LogP contribution in [0, 0.1) is 0 Å². The zero-order chi connectivity index (χ0) is 18.5. The number of para-hydroxylation sites is 2. The molecule has 0 spiro atoms. The minimum atomic E-state index is -5.16. The topological polar surface area (TPSA) is 36.8 Å². The van der Waals surface area contributed by atoms with Crippen LogP contribution in [0.1, 0.15) is 0 Å².